The molecule has 0 bridgehead atoms. The summed E-state index contributed by atoms with van der Waals surface area (Å²) in [4.78, 5) is 22.3. The number of methoxy groups -OCH3 is 1. The van der Waals surface area contributed by atoms with Gasteiger partial charge in [0.15, 0.2) is 0 Å². The van der Waals surface area contributed by atoms with Crippen molar-refractivity contribution in [2.24, 2.45) is 0 Å². The Labute approximate surface area is 246 Å². The van der Waals surface area contributed by atoms with Crippen LogP contribution in [0.4, 0.5) is 24.8 Å². The molecule has 0 saturated carbocycles. The first kappa shape index (κ1) is 34.4. The van der Waals surface area contributed by atoms with Crippen molar-refractivity contribution in [1.82, 2.24) is 20.2 Å². The summed E-state index contributed by atoms with van der Waals surface area (Å²) in [7, 11) is 5.82. The van der Waals surface area contributed by atoms with Crippen LogP contribution in [0.3, 0.4) is 0 Å². The van der Waals surface area contributed by atoms with E-state index in [1.807, 2.05) is 21.0 Å². The zero-order valence-corrected chi connectivity index (χ0v) is 25.7. The average molecular weight is 593 g/mol. The SMILES string of the molecule is C=C(C)c1c(N)ncnc1N(C)C(C)c1cc(C)c(C)c(C2CN(C/C(=C\CC)NC)C2)c1OC.O=C(O)C(F)(F)F. The summed E-state index contributed by atoms with van der Waals surface area (Å²) in [6, 6.07) is 2.26. The Morgan fingerprint density at radius 3 is 2.43 bits per heavy atom. The van der Waals surface area contributed by atoms with E-state index in [4.69, 9.17) is 20.4 Å². The first-order valence-electron chi connectivity index (χ1n) is 13.6. The minimum absolute atomic E-state index is 0.00922. The van der Waals surface area contributed by atoms with Gasteiger partial charge < -0.3 is 25.8 Å². The van der Waals surface area contributed by atoms with Crippen molar-refractivity contribution < 1.29 is 27.8 Å². The summed E-state index contributed by atoms with van der Waals surface area (Å²) >= 11 is 0. The molecule has 1 fully saturated rings. The van der Waals surface area contributed by atoms with E-state index in [1.54, 1.807) is 7.11 Å². The molecule has 4 N–H and O–H groups in total. The smallest absolute Gasteiger partial charge is 0.490 e. The number of aliphatic carboxylic acids is 1. The van der Waals surface area contributed by atoms with Gasteiger partial charge in [0.2, 0.25) is 0 Å². The molecule has 0 radical (unpaired) electrons. The average Bonchev–Trinajstić information content (AvgIpc) is 2.90. The first-order chi connectivity index (χ1) is 19.6. The quantitative estimate of drug-likeness (QED) is 0.331. The van der Waals surface area contributed by atoms with E-state index < -0.39 is 12.1 Å². The Balaban J connectivity index is 0.000000782. The maximum Gasteiger partial charge on any atom is 0.490 e. The highest BCUT2D eigenvalue weighted by Gasteiger charge is 2.38. The highest BCUT2D eigenvalue weighted by atomic mass is 19.4. The second-order valence-electron chi connectivity index (χ2n) is 10.5. The van der Waals surface area contributed by atoms with Gasteiger partial charge in [0.1, 0.15) is 23.7 Å². The molecule has 1 atom stereocenters. The Kier molecular flexibility index (Phi) is 11.8. The van der Waals surface area contributed by atoms with Gasteiger partial charge >= 0.3 is 12.1 Å². The minimum Gasteiger partial charge on any atom is -0.496 e. The fraction of sp³-hybridized carbons (Fsp3) is 0.500. The Hall–Kier alpha value is -3.80. The molecule has 3 rings (SSSR count). The Morgan fingerprint density at radius 1 is 1.36 bits per heavy atom. The number of allylic oxidation sites excluding steroid dienone is 2. The van der Waals surface area contributed by atoms with E-state index in [2.05, 4.69) is 71.5 Å². The lowest BCUT2D eigenvalue weighted by Crippen LogP contribution is -2.47. The molecule has 1 aliphatic heterocycles. The number of anilines is 2. The number of benzene rings is 1. The molecule has 2 heterocycles. The van der Waals surface area contributed by atoms with Gasteiger partial charge in [-0.25, -0.2) is 14.8 Å². The van der Waals surface area contributed by atoms with Gasteiger partial charge in [-0.05, 0) is 50.8 Å². The molecular weight excluding hydrogens is 549 g/mol. The summed E-state index contributed by atoms with van der Waals surface area (Å²) in [5, 5.41) is 10.5. The number of nitrogens with zero attached hydrogens (tertiary/aromatic N) is 4. The number of carboxylic acids is 1. The third-order valence-corrected chi connectivity index (χ3v) is 7.50. The van der Waals surface area contributed by atoms with E-state index in [1.165, 1.54) is 28.7 Å². The predicted molar refractivity (Wildman–Crippen MR) is 161 cm³/mol. The van der Waals surface area contributed by atoms with Crippen molar-refractivity contribution >= 4 is 23.2 Å². The number of likely N-dealkylation sites (tertiary alicyclic amines) is 1. The number of rotatable bonds is 10. The molecule has 12 heteroatoms. The number of carbonyl (C=O) groups is 1. The molecule has 2 aromatic rings. The molecule has 1 unspecified atom stereocenters. The standard InChI is InChI=1S/C28H42N6O.C2HF3O2/c1-10-11-22(30-7)15-34-13-21(14-34)25-19(5)18(4)12-23(26(25)35-9)20(6)33(8)28-24(17(2)3)27(29)31-16-32-28;3-2(4,5)1(6)7/h11-12,16,20-21,30H,2,10,13-15H2,1,3-9H3,(H2,29,31,32);(H,6,7)/b22-11+;. The predicted octanol–water partition coefficient (Wildman–Crippen LogP) is 5.46. The molecule has 1 aromatic heterocycles. The minimum atomic E-state index is -5.08. The fourth-order valence-electron chi connectivity index (χ4n) is 5.05. The maximum absolute atomic E-state index is 10.6. The highest BCUT2D eigenvalue weighted by molar-refractivity contribution is 5.79. The highest BCUT2D eigenvalue weighted by Crippen LogP contribution is 2.43. The fourth-order valence-corrected chi connectivity index (χ4v) is 5.05. The van der Waals surface area contributed by atoms with Gasteiger partial charge in [-0.3, -0.25) is 4.90 Å². The molecule has 1 saturated heterocycles. The van der Waals surface area contributed by atoms with E-state index >= 15 is 0 Å². The summed E-state index contributed by atoms with van der Waals surface area (Å²) in [6.45, 7) is 17.8. The van der Waals surface area contributed by atoms with Crippen LogP contribution in [-0.4, -0.2) is 73.0 Å². The van der Waals surface area contributed by atoms with E-state index in [0.29, 0.717) is 11.7 Å². The van der Waals surface area contributed by atoms with Crippen LogP contribution in [0.5, 0.6) is 5.75 Å². The topological polar surface area (TPSA) is 117 Å². The molecule has 1 aromatic carbocycles. The number of hydrogen-bond donors (Lipinski definition) is 3. The zero-order chi connectivity index (χ0) is 31.9. The normalized spacial score (nSPS) is 14.8. The first-order valence-corrected chi connectivity index (χ1v) is 13.6. The van der Waals surface area contributed by atoms with Gasteiger partial charge in [-0.15, -0.1) is 0 Å². The third kappa shape index (κ3) is 7.93. The van der Waals surface area contributed by atoms with Crippen molar-refractivity contribution in [3.05, 3.63) is 58.6 Å². The number of alkyl halides is 3. The number of carboxylic acid groups (broad SMARTS) is 1. The zero-order valence-electron chi connectivity index (χ0n) is 25.7. The van der Waals surface area contributed by atoms with Crippen LogP contribution in [0.1, 0.15) is 67.0 Å². The van der Waals surface area contributed by atoms with Crippen LogP contribution in [-0.2, 0) is 4.79 Å². The van der Waals surface area contributed by atoms with Crippen LogP contribution in [0.2, 0.25) is 0 Å². The van der Waals surface area contributed by atoms with Crippen molar-refractivity contribution in [1.29, 1.82) is 0 Å². The van der Waals surface area contributed by atoms with E-state index in [9.17, 15) is 13.2 Å². The molecule has 0 aliphatic carbocycles. The van der Waals surface area contributed by atoms with Crippen LogP contribution < -0.4 is 20.7 Å². The molecule has 1 aliphatic rings. The van der Waals surface area contributed by atoms with Gasteiger partial charge in [-0.1, -0.05) is 25.6 Å². The number of likely N-dealkylation sites (N-methyl/N-ethyl adjacent to an activating group) is 1. The van der Waals surface area contributed by atoms with Crippen LogP contribution in [0, 0.1) is 13.8 Å². The molecular formula is C30H43F3N6O3. The third-order valence-electron chi connectivity index (χ3n) is 7.50. The van der Waals surface area contributed by atoms with E-state index in [0.717, 1.165) is 54.3 Å². The van der Waals surface area contributed by atoms with Crippen molar-refractivity contribution in [3.8, 4) is 5.75 Å². The lowest BCUT2D eigenvalue weighted by Gasteiger charge is -2.42. The Morgan fingerprint density at radius 2 is 1.95 bits per heavy atom. The van der Waals surface area contributed by atoms with Crippen LogP contribution in [0.15, 0.2) is 30.7 Å². The van der Waals surface area contributed by atoms with Crippen molar-refractivity contribution in [2.75, 3.05) is 51.5 Å². The second-order valence-corrected chi connectivity index (χ2v) is 10.5. The largest absolute Gasteiger partial charge is 0.496 e. The molecule has 9 nitrogen and oxygen atoms in total. The molecule has 0 amide bonds. The number of ether oxygens (including phenoxy) is 1. The summed E-state index contributed by atoms with van der Waals surface area (Å²) in [5.41, 5.74) is 14.2. The van der Waals surface area contributed by atoms with Crippen LogP contribution in [0.25, 0.3) is 5.57 Å². The number of aromatic nitrogens is 2. The lowest BCUT2D eigenvalue weighted by atomic mass is 9.83. The van der Waals surface area contributed by atoms with Gasteiger partial charge in [0.25, 0.3) is 0 Å². The van der Waals surface area contributed by atoms with Crippen molar-refractivity contribution in [2.45, 2.75) is 59.2 Å². The lowest BCUT2D eigenvalue weighted by molar-refractivity contribution is -0.192. The molecule has 42 heavy (non-hydrogen) atoms. The number of hydrogen-bond acceptors (Lipinski definition) is 8. The van der Waals surface area contributed by atoms with Gasteiger partial charge in [-0.2, -0.15) is 13.2 Å². The number of halogens is 3. The van der Waals surface area contributed by atoms with Crippen LogP contribution >= 0.6 is 0 Å². The maximum atomic E-state index is 10.6. The number of nitrogens with one attached hydrogen (secondary N) is 1. The summed E-state index contributed by atoms with van der Waals surface area (Å²) in [6.07, 6.45) is -0.266. The summed E-state index contributed by atoms with van der Waals surface area (Å²) in [5.74, 6) is -0.110. The summed E-state index contributed by atoms with van der Waals surface area (Å²) < 4.78 is 37.8. The second kappa shape index (κ2) is 14.4. The van der Waals surface area contributed by atoms with Crippen molar-refractivity contribution in [3.63, 3.8) is 0 Å². The molecule has 0 spiro atoms. The van der Waals surface area contributed by atoms with E-state index in [-0.39, 0.29) is 6.04 Å². The number of nitrogen functional groups attached to an aromatic ring is 1. The molecule has 232 valence electrons. The van der Waals surface area contributed by atoms with Gasteiger partial charge in [0, 0.05) is 56.5 Å². The number of aryl methyl sites for hydroxylation is 1. The van der Waals surface area contributed by atoms with Gasteiger partial charge in [0.05, 0.1) is 18.7 Å². The monoisotopic (exact) mass is 592 g/mol. The Bertz CT molecular complexity index is 1310. The number of nitrogens with two attached hydrogens (primary N) is 1.